The van der Waals surface area contributed by atoms with Gasteiger partial charge in [-0.05, 0) is 37.1 Å². The minimum atomic E-state index is -0.493. The van der Waals surface area contributed by atoms with Gasteiger partial charge < -0.3 is 9.64 Å². The maximum absolute atomic E-state index is 13.6. The van der Waals surface area contributed by atoms with E-state index in [9.17, 15) is 9.18 Å². The summed E-state index contributed by atoms with van der Waals surface area (Å²) in [5, 5.41) is 0. The fraction of sp³-hybridized carbons (Fsp3) is 0.476. The number of halogens is 1. The highest BCUT2D eigenvalue weighted by Crippen LogP contribution is 2.41. The van der Waals surface area contributed by atoms with Crippen LogP contribution in [0.5, 0.6) is 0 Å². The van der Waals surface area contributed by atoms with Gasteiger partial charge in [0.2, 0.25) is 0 Å². The Morgan fingerprint density at radius 2 is 2.07 bits per heavy atom. The van der Waals surface area contributed by atoms with E-state index in [0.717, 1.165) is 36.8 Å². The molecule has 0 saturated carbocycles. The molecule has 3 aliphatic rings. The molecular formula is C21H24FN5O2. The molecule has 0 N–H and O–H groups in total. The largest absolute Gasteiger partial charge is 0.437 e. The first kappa shape index (κ1) is 18.3. The van der Waals surface area contributed by atoms with Crippen molar-refractivity contribution in [3.63, 3.8) is 0 Å². The summed E-state index contributed by atoms with van der Waals surface area (Å²) in [4.78, 5) is 27.4. The van der Waals surface area contributed by atoms with Crippen molar-refractivity contribution in [2.75, 3.05) is 37.6 Å². The molecule has 3 fully saturated rings. The first-order valence-electron chi connectivity index (χ1n) is 9.95. The SMILES string of the molecule is Cc1nccc(N2CC3(C2)OC(=O)N2CCN(Cc4ccc(F)c(C)c4)CC23)n1. The predicted molar refractivity (Wildman–Crippen MR) is 105 cm³/mol. The number of piperazine rings is 1. The number of aromatic nitrogens is 2. The molecule has 1 amide bonds. The Morgan fingerprint density at radius 1 is 1.24 bits per heavy atom. The van der Waals surface area contributed by atoms with E-state index < -0.39 is 5.60 Å². The predicted octanol–water partition coefficient (Wildman–Crippen LogP) is 2.13. The molecule has 7 nitrogen and oxygen atoms in total. The van der Waals surface area contributed by atoms with E-state index in [1.165, 1.54) is 6.07 Å². The number of carbonyl (C=O) groups excluding carboxylic acids is 1. The Morgan fingerprint density at radius 3 is 2.83 bits per heavy atom. The zero-order chi connectivity index (χ0) is 20.2. The van der Waals surface area contributed by atoms with E-state index >= 15 is 0 Å². The molecule has 3 aliphatic heterocycles. The van der Waals surface area contributed by atoms with Crippen LogP contribution in [0, 0.1) is 19.7 Å². The maximum atomic E-state index is 13.6. The molecule has 1 aromatic heterocycles. The molecule has 8 heteroatoms. The summed E-state index contributed by atoms with van der Waals surface area (Å²) in [6.45, 7) is 7.85. The second-order valence-corrected chi connectivity index (χ2v) is 8.28. The van der Waals surface area contributed by atoms with Gasteiger partial charge in [0.05, 0.1) is 19.1 Å². The lowest BCUT2D eigenvalue weighted by molar-refractivity contribution is -0.00996. The van der Waals surface area contributed by atoms with Gasteiger partial charge in [-0.3, -0.25) is 9.80 Å². The number of hydrogen-bond donors (Lipinski definition) is 0. The van der Waals surface area contributed by atoms with E-state index in [0.29, 0.717) is 25.2 Å². The van der Waals surface area contributed by atoms with Gasteiger partial charge in [-0.15, -0.1) is 0 Å². The average Bonchev–Trinajstić information content (AvgIpc) is 2.96. The summed E-state index contributed by atoms with van der Waals surface area (Å²) in [5.74, 6) is 1.42. The number of rotatable bonds is 3. The molecule has 29 heavy (non-hydrogen) atoms. The highest BCUT2D eigenvalue weighted by molar-refractivity contribution is 5.73. The van der Waals surface area contributed by atoms with Crippen LogP contribution in [0.1, 0.15) is 17.0 Å². The van der Waals surface area contributed by atoms with Crippen molar-refractivity contribution in [2.45, 2.75) is 32.0 Å². The molecular weight excluding hydrogens is 373 g/mol. The van der Waals surface area contributed by atoms with Crippen molar-refractivity contribution < 1.29 is 13.9 Å². The summed E-state index contributed by atoms with van der Waals surface area (Å²) >= 11 is 0. The Labute approximate surface area is 169 Å². The molecule has 0 radical (unpaired) electrons. The summed E-state index contributed by atoms with van der Waals surface area (Å²) in [5.41, 5.74) is 1.25. The van der Waals surface area contributed by atoms with E-state index in [1.807, 2.05) is 30.0 Å². The third-order valence-electron chi connectivity index (χ3n) is 6.23. The minimum absolute atomic E-state index is 0.0180. The van der Waals surface area contributed by atoms with Crippen molar-refractivity contribution in [1.82, 2.24) is 19.8 Å². The number of carbonyl (C=O) groups is 1. The fourth-order valence-corrected chi connectivity index (χ4v) is 4.67. The van der Waals surface area contributed by atoms with Gasteiger partial charge >= 0.3 is 6.09 Å². The van der Waals surface area contributed by atoms with Gasteiger partial charge in [-0.25, -0.2) is 19.2 Å². The zero-order valence-electron chi connectivity index (χ0n) is 16.6. The van der Waals surface area contributed by atoms with Gasteiger partial charge in [0.15, 0.2) is 5.60 Å². The van der Waals surface area contributed by atoms with Gasteiger partial charge in [-0.2, -0.15) is 0 Å². The normalized spacial score (nSPS) is 23.1. The van der Waals surface area contributed by atoms with Crippen molar-refractivity contribution in [2.24, 2.45) is 0 Å². The second-order valence-electron chi connectivity index (χ2n) is 8.28. The Bertz CT molecular complexity index is 962. The highest BCUT2D eigenvalue weighted by atomic mass is 19.1. The molecule has 5 rings (SSSR count). The number of amides is 1. The van der Waals surface area contributed by atoms with Crippen molar-refractivity contribution in [3.8, 4) is 0 Å². The Kier molecular flexibility index (Phi) is 4.20. The third kappa shape index (κ3) is 3.11. The first-order valence-corrected chi connectivity index (χ1v) is 9.95. The summed E-state index contributed by atoms with van der Waals surface area (Å²) < 4.78 is 19.4. The van der Waals surface area contributed by atoms with E-state index in [1.54, 1.807) is 13.1 Å². The number of nitrogens with zero attached hydrogens (tertiary/aromatic N) is 5. The van der Waals surface area contributed by atoms with Crippen LogP contribution in [0.2, 0.25) is 0 Å². The number of ether oxygens (including phenoxy) is 1. The van der Waals surface area contributed by atoms with E-state index in [-0.39, 0.29) is 18.0 Å². The molecule has 1 aromatic carbocycles. The maximum Gasteiger partial charge on any atom is 0.411 e. The Balaban J connectivity index is 1.30. The Hall–Kier alpha value is -2.74. The molecule has 152 valence electrons. The fourth-order valence-electron chi connectivity index (χ4n) is 4.67. The van der Waals surface area contributed by atoms with Crippen LogP contribution in [0.25, 0.3) is 0 Å². The lowest BCUT2D eigenvalue weighted by atomic mass is 9.84. The first-order chi connectivity index (χ1) is 13.9. The topological polar surface area (TPSA) is 61.8 Å². The lowest BCUT2D eigenvalue weighted by Crippen LogP contribution is -2.71. The molecule has 3 saturated heterocycles. The van der Waals surface area contributed by atoms with Gasteiger partial charge in [0.25, 0.3) is 0 Å². The monoisotopic (exact) mass is 397 g/mol. The van der Waals surface area contributed by atoms with Gasteiger partial charge in [0.1, 0.15) is 17.5 Å². The third-order valence-corrected chi connectivity index (χ3v) is 6.23. The standard InChI is InChI=1S/C21H24FN5O2/c1-14-9-16(3-4-17(14)22)10-25-7-8-27-18(11-25)21(29-20(27)28)12-26(13-21)19-5-6-23-15(2)24-19/h3-6,9,18H,7-8,10-13H2,1-2H3. The summed E-state index contributed by atoms with van der Waals surface area (Å²) in [7, 11) is 0. The number of aryl methyl sites for hydroxylation is 2. The molecule has 1 spiro atoms. The average molecular weight is 397 g/mol. The zero-order valence-corrected chi connectivity index (χ0v) is 16.6. The van der Waals surface area contributed by atoms with Crippen molar-refractivity contribution in [1.29, 1.82) is 0 Å². The number of fused-ring (bicyclic) bond motifs is 2. The number of anilines is 1. The molecule has 1 atom stereocenters. The molecule has 1 unspecified atom stereocenters. The molecule has 4 heterocycles. The van der Waals surface area contributed by atoms with Crippen LogP contribution in [0.15, 0.2) is 30.5 Å². The lowest BCUT2D eigenvalue weighted by Gasteiger charge is -2.51. The van der Waals surface area contributed by atoms with E-state index in [2.05, 4.69) is 19.8 Å². The smallest absolute Gasteiger partial charge is 0.411 e. The van der Waals surface area contributed by atoms with Crippen LogP contribution in [0.4, 0.5) is 15.0 Å². The summed E-state index contributed by atoms with van der Waals surface area (Å²) in [6, 6.07) is 7.17. The van der Waals surface area contributed by atoms with Crippen LogP contribution < -0.4 is 4.90 Å². The van der Waals surface area contributed by atoms with E-state index in [4.69, 9.17) is 4.74 Å². The summed E-state index contributed by atoms with van der Waals surface area (Å²) in [6.07, 6.45) is 1.54. The molecule has 0 aliphatic carbocycles. The van der Waals surface area contributed by atoms with Crippen molar-refractivity contribution in [3.05, 3.63) is 53.2 Å². The number of benzene rings is 1. The quantitative estimate of drug-likeness (QED) is 0.791. The van der Waals surface area contributed by atoms with Crippen LogP contribution in [0.3, 0.4) is 0 Å². The van der Waals surface area contributed by atoms with Crippen molar-refractivity contribution >= 4 is 11.9 Å². The van der Waals surface area contributed by atoms with Gasteiger partial charge in [0, 0.05) is 32.4 Å². The molecule has 0 bridgehead atoms. The second kappa shape index (κ2) is 6.66. The van der Waals surface area contributed by atoms with Crippen LogP contribution in [-0.2, 0) is 11.3 Å². The van der Waals surface area contributed by atoms with Crippen LogP contribution in [-0.4, -0.2) is 70.2 Å². The highest BCUT2D eigenvalue weighted by Gasteiger charge is 2.62. The number of hydrogen-bond acceptors (Lipinski definition) is 6. The minimum Gasteiger partial charge on any atom is -0.437 e. The van der Waals surface area contributed by atoms with Gasteiger partial charge in [-0.1, -0.05) is 12.1 Å². The van der Waals surface area contributed by atoms with Crippen LogP contribution >= 0.6 is 0 Å². The molecule has 2 aromatic rings.